The van der Waals surface area contributed by atoms with Crippen LogP contribution in [0, 0.1) is 6.92 Å². The summed E-state index contributed by atoms with van der Waals surface area (Å²) in [6, 6.07) is 25.7. The molecule has 0 saturated heterocycles. The highest BCUT2D eigenvalue weighted by atomic mass is 16.5. The van der Waals surface area contributed by atoms with Gasteiger partial charge in [-0.05, 0) is 48.9 Å². The van der Waals surface area contributed by atoms with E-state index < -0.39 is 5.41 Å². The normalized spacial score (nSPS) is 13.5. The van der Waals surface area contributed by atoms with Crippen LogP contribution >= 0.6 is 0 Å². The van der Waals surface area contributed by atoms with Crippen LogP contribution in [0.15, 0.2) is 83.4 Å². The summed E-state index contributed by atoms with van der Waals surface area (Å²) in [5.41, 5.74) is 6.15. The summed E-state index contributed by atoms with van der Waals surface area (Å²) in [6.45, 7) is 4.86. The van der Waals surface area contributed by atoms with Crippen LogP contribution in [0.25, 0.3) is 22.5 Å². The van der Waals surface area contributed by atoms with Gasteiger partial charge in [-0.15, -0.1) is 0 Å². The Kier molecular flexibility index (Phi) is 7.26. The highest BCUT2D eigenvalue weighted by molar-refractivity contribution is 5.87. The number of carbonyl (C=O) groups is 2. The van der Waals surface area contributed by atoms with Crippen molar-refractivity contribution in [2.24, 2.45) is 0 Å². The molecule has 0 radical (unpaired) electrons. The molecule has 7 nitrogen and oxygen atoms in total. The first-order valence-electron chi connectivity index (χ1n) is 12.9. The maximum Gasteiger partial charge on any atom is 0.316 e. The SMILES string of the molecule is CCOC(=O)C1(c2ccc(-c3ccc(-c4onc(C)c4CNC(=O)NCc4ccccc4)cc3)cc2)CC1. The maximum absolute atomic E-state index is 12.4. The van der Waals surface area contributed by atoms with Gasteiger partial charge in [0.25, 0.3) is 0 Å². The largest absolute Gasteiger partial charge is 0.465 e. The number of nitrogens with one attached hydrogen (secondary N) is 2. The summed E-state index contributed by atoms with van der Waals surface area (Å²) in [7, 11) is 0. The molecule has 3 aromatic carbocycles. The van der Waals surface area contributed by atoms with Crippen LogP contribution in [0.1, 0.15) is 42.1 Å². The second-order valence-corrected chi connectivity index (χ2v) is 9.55. The molecule has 194 valence electrons. The Morgan fingerprint density at radius 2 is 1.47 bits per heavy atom. The number of aromatic nitrogens is 1. The van der Waals surface area contributed by atoms with Gasteiger partial charge in [0.2, 0.25) is 0 Å². The van der Waals surface area contributed by atoms with Gasteiger partial charge in [0.15, 0.2) is 5.76 Å². The van der Waals surface area contributed by atoms with Gasteiger partial charge in [-0.1, -0.05) is 84.0 Å². The fourth-order valence-corrected chi connectivity index (χ4v) is 4.63. The summed E-state index contributed by atoms with van der Waals surface area (Å²) < 4.78 is 10.9. The van der Waals surface area contributed by atoms with E-state index in [4.69, 9.17) is 9.26 Å². The van der Waals surface area contributed by atoms with E-state index in [2.05, 4.69) is 15.8 Å². The first-order chi connectivity index (χ1) is 18.5. The molecule has 1 aliphatic rings. The van der Waals surface area contributed by atoms with Crippen molar-refractivity contribution in [3.63, 3.8) is 0 Å². The Morgan fingerprint density at radius 1 is 0.868 bits per heavy atom. The zero-order valence-corrected chi connectivity index (χ0v) is 21.6. The lowest BCUT2D eigenvalue weighted by atomic mass is 9.93. The molecule has 4 aromatic rings. The number of hydrogen-bond donors (Lipinski definition) is 2. The standard InChI is InChI=1S/C31H31N3O4/c1-3-37-29(35)31(17-18-31)26-15-13-24(14-16-26)23-9-11-25(12-10-23)28-27(21(2)34-38-28)20-33-30(36)32-19-22-7-5-4-6-8-22/h4-16H,3,17-20H2,1-2H3,(H2,32,33,36). The molecule has 0 atom stereocenters. The number of benzene rings is 3. The topological polar surface area (TPSA) is 93.5 Å². The molecular formula is C31H31N3O4. The predicted octanol–water partition coefficient (Wildman–Crippen LogP) is 5.91. The number of urea groups is 1. The first kappa shape index (κ1) is 25.3. The molecule has 1 fully saturated rings. The van der Waals surface area contributed by atoms with Crippen molar-refractivity contribution in [1.82, 2.24) is 15.8 Å². The highest BCUT2D eigenvalue weighted by Gasteiger charge is 2.52. The fraction of sp³-hybridized carbons (Fsp3) is 0.258. The van der Waals surface area contributed by atoms with E-state index in [1.165, 1.54) is 0 Å². The predicted molar refractivity (Wildman–Crippen MR) is 145 cm³/mol. The number of hydrogen-bond acceptors (Lipinski definition) is 5. The van der Waals surface area contributed by atoms with Gasteiger partial charge >= 0.3 is 12.0 Å². The minimum Gasteiger partial charge on any atom is -0.465 e. The molecule has 0 bridgehead atoms. The fourth-order valence-electron chi connectivity index (χ4n) is 4.63. The Hall–Kier alpha value is -4.39. The van der Waals surface area contributed by atoms with Crippen molar-refractivity contribution >= 4 is 12.0 Å². The maximum atomic E-state index is 12.4. The molecule has 1 aliphatic carbocycles. The van der Waals surface area contributed by atoms with E-state index in [1.807, 2.05) is 92.7 Å². The van der Waals surface area contributed by atoms with Crippen molar-refractivity contribution in [3.05, 3.63) is 101 Å². The van der Waals surface area contributed by atoms with Crippen LogP contribution in [0.3, 0.4) is 0 Å². The highest BCUT2D eigenvalue weighted by Crippen LogP contribution is 2.49. The summed E-state index contributed by atoms with van der Waals surface area (Å²) >= 11 is 0. The summed E-state index contributed by atoms with van der Waals surface area (Å²) in [5.74, 6) is 0.510. The third-order valence-electron chi connectivity index (χ3n) is 7.04. The molecule has 38 heavy (non-hydrogen) atoms. The average Bonchev–Trinajstić information content (AvgIpc) is 3.69. The second kappa shape index (κ2) is 10.9. The molecule has 1 saturated carbocycles. The Labute approximate surface area is 222 Å². The van der Waals surface area contributed by atoms with E-state index in [1.54, 1.807) is 0 Å². The zero-order valence-electron chi connectivity index (χ0n) is 21.6. The van der Waals surface area contributed by atoms with Gasteiger partial charge in [0.05, 0.1) is 24.3 Å². The number of nitrogens with zero attached hydrogens (tertiary/aromatic N) is 1. The van der Waals surface area contributed by atoms with Crippen LogP contribution < -0.4 is 10.6 Å². The Balaban J connectivity index is 1.24. The van der Waals surface area contributed by atoms with Crippen LogP contribution in [0.2, 0.25) is 0 Å². The molecular weight excluding hydrogens is 478 g/mol. The summed E-state index contributed by atoms with van der Waals surface area (Å²) in [5, 5.41) is 9.89. The van der Waals surface area contributed by atoms with Gasteiger partial charge < -0.3 is 19.9 Å². The van der Waals surface area contributed by atoms with Gasteiger partial charge in [-0.25, -0.2) is 4.79 Å². The van der Waals surface area contributed by atoms with E-state index in [0.717, 1.165) is 51.9 Å². The van der Waals surface area contributed by atoms with Crippen molar-refractivity contribution in [1.29, 1.82) is 0 Å². The van der Waals surface area contributed by atoms with Crippen LogP contribution in [-0.4, -0.2) is 23.8 Å². The van der Waals surface area contributed by atoms with Crippen LogP contribution in [0.5, 0.6) is 0 Å². The third-order valence-corrected chi connectivity index (χ3v) is 7.04. The summed E-state index contributed by atoms with van der Waals surface area (Å²) in [6.07, 6.45) is 1.67. The lowest BCUT2D eigenvalue weighted by Crippen LogP contribution is -2.34. The number of ether oxygens (including phenoxy) is 1. The number of rotatable bonds is 9. The Bertz CT molecular complexity index is 1410. The third kappa shape index (κ3) is 5.32. The smallest absolute Gasteiger partial charge is 0.316 e. The van der Waals surface area contributed by atoms with Crippen LogP contribution in [0.4, 0.5) is 4.79 Å². The quantitative estimate of drug-likeness (QED) is 0.274. The lowest BCUT2D eigenvalue weighted by molar-refractivity contribution is -0.146. The molecule has 1 aromatic heterocycles. The summed E-state index contributed by atoms with van der Waals surface area (Å²) in [4.78, 5) is 24.7. The van der Waals surface area contributed by atoms with E-state index in [-0.39, 0.29) is 12.0 Å². The average molecular weight is 510 g/mol. The minimum absolute atomic E-state index is 0.126. The zero-order chi connectivity index (χ0) is 26.5. The van der Waals surface area contributed by atoms with Crippen molar-refractivity contribution < 1.29 is 18.8 Å². The molecule has 2 amide bonds. The van der Waals surface area contributed by atoms with Gasteiger partial charge in [0, 0.05) is 17.7 Å². The second-order valence-electron chi connectivity index (χ2n) is 9.55. The lowest BCUT2D eigenvalue weighted by Gasteiger charge is -2.14. The number of esters is 1. The number of aryl methyl sites for hydroxylation is 1. The van der Waals surface area contributed by atoms with Crippen molar-refractivity contribution in [3.8, 4) is 22.5 Å². The van der Waals surface area contributed by atoms with E-state index in [0.29, 0.717) is 25.5 Å². The first-order valence-corrected chi connectivity index (χ1v) is 12.9. The number of amides is 2. The van der Waals surface area contributed by atoms with Gasteiger partial charge in [-0.2, -0.15) is 0 Å². The van der Waals surface area contributed by atoms with E-state index >= 15 is 0 Å². The molecule has 0 aliphatic heterocycles. The van der Waals surface area contributed by atoms with E-state index in [9.17, 15) is 9.59 Å². The van der Waals surface area contributed by atoms with Crippen LogP contribution in [-0.2, 0) is 28.0 Å². The minimum atomic E-state index is -0.467. The molecule has 7 heteroatoms. The van der Waals surface area contributed by atoms with Crippen molar-refractivity contribution in [2.45, 2.75) is 45.2 Å². The molecule has 5 rings (SSSR count). The molecule has 1 heterocycles. The monoisotopic (exact) mass is 509 g/mol. The van der Waals surface area contributed by atoms with Gasteiger partial charge in [-0.3, -0.25) is 4.79 Å². The Morgan fingerprint density at radius 3 is 2.11 bits per heavy atom. The van der Waals surface area contributed by atoms with Gasteiger partial charge in [0.1, 0.15) is 0 Å². The molecule has 0 unspecified atom stereocenters. The van der Waals surface area contributed by atoms with Crippen molar-refractivity contribution in [2.75, 3.05) is 6.61 Å². The number of carbonyl (C=O) groups excluding carboxylic acids is 2. The molecule has 0 spiro atoms. The molecule has 2 N–H and O–H groups in total.